The molecule has 516 valence electrons. The Kier molecular flexibility index (Phi) is 56.6. The fourth-order valence-electron chi connectivity index (χ4n) is 10.1. The second-order valence-electron chi connectivity index (χ2n) is 26.0. The Labute approximate surface area is 530 Å². The van der Waals surface area contributed by atoms with Crippen LogP contribution >= 0.6 is 15.6 Å². The van der Waals surface area contributed by atoms with Crippen LogP contribution in [0.5, 0.6) is 0 Å². The standard InChI is InChI=1S/C68H132O17P2/c1-9-60(7)46-38-30-24-26-33-41-49-66(71)79-55-64(85-68(73)51-43-35-27-25-31-39-47-61(8)10-2)57-83-87(76,77)81-53-62(69)52-80-86(74,75)82-56-63(84-67(72)50-42-34-23-19-15-14-17-21-29-37-45-59(5)6)54-78-65(70)48-40-32-22-18-13-11-12-16-20-28-36-44-58(3)4/h58-64,69H,9-57H2,1-8H3,(H,74,75)(H,76,77)/t60?,61?,62-,63-,64-/m1/s1. The van der Waals surface area contributed by atoms with E-state index < -0.39 is 97.5 Å². The molecule has 0 saturated carbocycles. The number of phosphoric acid groups is 2. The maximum Gasteiger partial charge on any atom is 0.472 e. The summed E-state index contributed by atoms with van der Waals surface area (Å²) in [6.45, 7) is 14.0. The topological polar surface area (TPSA) is 237 Å². The lowest BCUT2D eigenvalue weighted by molar-refractivity contribution is -0.161. The van der Waals surface area contributed by atoms with Crippen molar-refractivity contribution in [2.24, 2.45) is 23.7 Å². The Hall–Kier alpha value is -1.94. The Morgan fingerprint density at radius 3 is 0.816 bits per heavy atom. The number of esters is 4. The molecule has 0 bridgehead atoms. The normalized spacial score (nSPS) is 15.0. The van der Waals surface area contributed by atoms with Gasteiger partial charge in [0.25, 0.3) is 0 Å². The predicted octanol–water partition coefficient (Wildman–Crippen LogP) is 18.9. The van der Waals surface area contributed by atoms with Crippen LogP contribution in [-0.4, -0.2) is 96.7 Å². The molecule has 0 aromatic rings. The number of aliphatic hydroxyl groups is 1. The minimum atomic E-state index is -4.95. The van der Waals surface area contributed by atoms with Gasteiger partial charge in [-0.25, -0.2) is 9.13 Å². The number of phosphoric ester groups is 2. The van der Waals surface area contributed by atoms with E-state index >= 15 is 0 Å². The predicted molar refractivity (Wildman–Crippen MR) is 349 cm³/mol. The van der Waals surface area contributed by atoms with Gasteiger partial charge in [0.1, 0.15) is 19.3 Å². The molecule has 17 nitrogen and oxygen atoms in total. The van der Waals surface area contributed by atoms with Crippen molar-refractivity contribution in [2.45, 2.75) is 350 Å². The highest BCUT2D eigenvalue weighted by Crippen LogP contribution is 2.45. The Morgan fingerprint density at radius 1 is 0.322 bits per heavy atom. The van der Waals surface area contributed by atoms with E-state index in [0.29, 0.717) is 25.7 Å². The van der Waals surface area contributed by atoms with Crippen molar-refractivity contribution in [1.82, 2.24) is 0 Å². The molecular formula is C68H132O17P2. The fourth-order valence-corrected chi connectivity index (χ4v) is 11.7. The highest BCUT2D eigenvalue weighted by molar-refractivity contribution is 7.47. The lowest BCUT2D eigenvalue weighted by Gasteiger charge is -2.21. The van der Waals surface area contributed by atoms with Gasteiger partial charge in [0.2, 0.25) is 0 Å². The highest BCUT2D eigenvalue weighted by atomic mass is 31.2. The molecule has 0 fully saturated rings. The van der Waals surface area contributed by atoms with Crippen LogP contribution in [0.15, 0.2) is 0 Å². The first-order valence-electron chi connectivity index (χ1n) is 35.3. The van der Waals surface area contributed by atoms with Gasteiger partial charge in [-0.3, -0.25) is 37.3 Å². The van der Waals surface area contributed by atoms with Crippen LogP contribution in [-0.2, 0) is 65.4 Å². The number of carbonyl (C=O) groups excluding carboxylic acids is 4. The summed E-state index contributed by atoms with van der Waals surface area (Å²) in [5, 5.41) is 10.6. The van der Waals surface area contributed by atoms with Crippen molar-refractivity contribution in [1.29, 1.82) is 0 Å². The van der Waals surface area contributed by atoms with Crippen LogP contribution in [0.2, 0.25) is 0 Å². The van der Waals surface area contributed by atoms with Crippen molar-refractivity contribution in [3.05, 3.63) is 0 Å². The summed E-state index contributed by atoms with van der Waals surface area (Å²) in [5.41, 5.74) is 0. The van der Waals surface area contributed by atoms with E-state index in [-0.39, 0.29) is 25.7 Å². The lowest BCUT2D eigenvalue weighted by atomic mass is 10.00. The van der Waals surface area contributed by atoms with Gasteiger partial charge < -0.3 is 33.8 Å². The van der Waals surface area contributed by atoms with Crippen LogP contribution in [0, 0.1) is 23.7 Å². The molecule has 87 heavy (non-hydrogen) atoms. The van der Waals surface area contributed by atoms with Gasteiger partial charge in [-0.05, 0) is 49.4 Å². The zero-order valence-corrected chi connectivity index (χ0v) is 58.4. The van der Waals surface area contributed by atoms with Crippen LogP contribution < -0.4 is 0 Å². The van der Waals surface area contributed by atoms with Gasteiger partial charge in [0, 0.05) is 25.7 Å². The molecule has 0 spiro atoms. The summed E-state index contributed by atoms with van der Waals surface area (Å²) in [4.78, 5) is 72.4. The third-order valence-corrected chi connectivity index (χ3v) is 18.2. The van der Waals surface area contributed by atoms with E-state index in [1.54, 1.807) is 0 Å². The molecule has 19 heteroatoms. The molecule has 4 unspecified atom stereocenters. The smallest absolute Gasteiger partial charge is 0.462 e. The van der Waals surface area contributed by atoms with Gasteiger partial charge in [0.15, 0.2) is 12.2 Å². The molecule has 0 aromatic carbocycles. The average molecular weight is 1280 g/mol. The van der Waals surface area contributed by atoms with Crippen molar-refractivity contribution < 1.29 is 80.2 Å². The third kappa shape index (κ3) is 60.1. The average Bonchev–Trinajstić information content (AvgIpc) is 3.68. The molecule has 7 atom stereocenters. The van der Waals surface area contributed by atoms with Crippen LogP contribution in [0.3, 0.4) is 0 Å². The second kappa shape index (κ2) is 57.9. The van der Waals surface area contributed by atoms with E-state index in [0.717, 1.165) is 120 Å². The van der Waals surface area contributed by atoms with Crippen LogP contribution in [0.4, 0.5) is 0 Å². The minimum absolute atomic E-state index is 0.101. The summed E-state index contributed by atoms with van der Waals surface area (Å²) < 4.78 is 68.2. The summed E-state index contributed by atoms with van der Waals surface area (Å²) in [6.07, 6.45) is 39.0. The molecule has 0 amide bonds. The number of hydrogen-bond acceptors (Lipinski definition) is 15. The number of unbranched alkanes of at least 4 members (excludes halogenated alkanes) is 29. The molecule has 0 aliphatic carbocycles. The van der Waals surface area contributed by atoms with Crippen molar-refractivity contribution in [2.75, 3.05) is 39.6 Å². The number of aliphatic hydroxyl groups excluding tert-OH is 1. The summed E-state index contributed by atoms with van der Waals surface area (Å²) >= 11 is 0. The number of carbonyl (C=O) groups is 4. The quantitative estimate of drug-likeness (QED) is 0.0222. The molecule has 0 radical (unpaired) electrons. The van der Waals surface area contributed by atoms with E-state index in [2.05, 4.69) is 55.4 Å². The van der Waals surface area contributed by atoms with Crippen molar-refractivity contribution in [3.8, 4) is 0 Å². The summed E-state index contributed by atoms with van der Waals surface area (Å²) in [7, 11) is -9.90. The first-order valence-corrected chi connectivity index (χ1v) is 38.3. The highest BCUT2D eigenvalue weighted by Gasteiger charge is 2.30. The molecule has 0 aromatic heterocycles. The van der Waals surface area contributed by atoms with Gasteiger partial charge >= 0.3 is 39.5 Å². The van der Waals surface area contributed by atoms with E-state index in [4.69, 9.17) is 37.0 Å². The molecule has 0 aliphatic rings. The summed E-state index contributed by atoms with van der Waals surface area (Å²) in [6, 6.07) is 0. The first kappa shape index (κ1) is 85.1. The largest absolute Gasteiger partial charge is 0.472 e. The molecular weight excluding hydrogens is 1150 g/mol. The first-order chi connectivity index (χ1) is 41.7. The Balaban J connectivity index is 5.26. The van der Waals surface area contributed by atoms with Crippen LogP contribution in [0.25, 0.3) is 0 Å². The number of rotatable bonds is 65. The Bertz CT molecular complexity index is 1730. The van der Waals surface area contributed by atoms with Gasteiger partial charge in [-0.2, -0.15) is 0 Å². The summed E-state index contributed by atoms with van der Waals surface area (Å²) in [5.74, 6) is 0.839. The molecule has 0 saturated heterocycles. The van der Waals surface area contributed by atoms with E-state index in [9.17, 15) is 43.2 Å². The zero-order valence-electron chi connectivity index (χ0n) is 56.6. The molecule has 0 rings (SSSR count). The van der Waals surface area contributed by atoms with Gasteiger partial charge in [0.05, 0.1) is 26.4 Å². The number of hydrogen-bond donors (Lipinski definition) is 3. The second-order valence-corrected chi connectivity index (χ2v) is 28.9. The lowest BCUT2D eigenvalue weighted by Crippen LogP contribution is -2.30. The monoisotopic (exact) mass is 1280 g/mol. The van der Waals surface area contributed by atoms with E-state index in [1.807, 2.05) is 0 Å². The van der Waals surface area contributed by atoms with E-state index in [1.165, 1.54) is 128 Å². The number of ether oxygens (including phenoxy) is 4. The van der Waals surface area contributed by atoms with Crippen molar-refractivity contribution in [3.63, 3.8) is 0 Å². The maximum atomic E-state index is 13.0. The molecule has 0 aliphatic heterocycles. The zero-order chi connectivity index (χ0) is 64.7. The van der Waals surface area contributed by atoms with Crippen molar-refractivity contribution >= 4 is 39.5 Å². The van der Waals surface area contributed by atoms with Gasteiger partial charge in [-0.15, -0.1) is 0 Å². The van der Waals surface area contributed by atoms with Crippen LogP contribution in [0.1, 0.15) is 331 Å². The van der Waals surface area contributed by atoms with Gasteiger partial charge in [-0.1, -0.05) is 280 Å². The molecule has 0 heterocycles. The maximum absolute atomic E-state index is 13.0. The minimum Gasteiger partial charge on any atom is -0.462 e. The Morgan fingerprint density at radius 2 is 0.552 bits per heavy atom. The SMILES string of the molecule is CCC(C)CCCCCCCCC(=O)OC[C@H](COP(=O)(O)OC[C@H](O)COP(=O)(O)OC[C@@H](COC(=O)CCCCCCCCCCCCCC(C)C)OC(=O)CCCCCCCCCCCCC(C)C)OC(=O)CCCCCCCCC(C)CC. The fraction of sp³-hybridized carbons (Fsp3) is 0.941. The molecule has 3 N–H and O–H groups in total. The third-order valence-electron chi connectivity index (χ3n) is 16.3.